The number of benzene rings is 3. The van der Waals surface area contributed by atoms with E-state index in [0.29, 0.717) is 49.1 Å². The number of fused-ring (bicyclic) bond motifs is 1. The van der Waals surface area contributed by atoms with Gasteiger partial charge in [-0.3, -0.25) is 24.0 Å². The number of unbranched alkanes of at least 4 members (excludes halogenated alkanes) is 3. The van der Waals surface area contributed by atoms with Crippen LogP contribution in [0.4, 0.5) is 4.79 Å². The number of carbonyl (C=O) groups excluding carboxylic acids is 6. The minimum absolute atomic E-state index is 0.0302. The van der Waals surface area contributed by atoms with Crippen LogP contribution in [0.1, 0.15) is 90.0 Å². The van der Waals surface area contributed by atoms with Crippen LogP contribution in [-0.4, -0.2) is 101 Å². The van der Waals surface area contributed by atoms with Crippen molar-refractivity contribution in [1.82, 2.24) is 36.8 Å². The molecule has 0 aliphatic carbocycles. The monoisotopic (exact) mass is 959 g/mol. The van der Waals surface area contributed by atoms with Crippen molar-refractivity contribution in [3.63, 3.8) is 0 Å². The van der Waals surface area contributed by atoms with Crippen LogP contribution < -0.4 is 40.9 Å². The molecule has 3 aliphatic heterocycles. The van der Waals surface area contributed by atoms with E-state index in [2.05, 4.69) is 31.9 Å². The lowest BCUT2D eigenvalue weighted by molar-refractivity contribution is -0.142. The highest BCUT2D eigenvalue weighted by Gasteiger charge is 2.45. The molecule has 362 valence electrons. The summed E-state index contributed by atoms with van der Waals surface area (Å²) >= 11 is 1.88. The number of nitrogens with one attached hydrogen (secondary N) is 6. The van der Waals surface area contributed by atoms with E-state index < -0.39 is 43.2 Å². The van der Waals surface area contributed by atoms with E-state index in [1.165, 1.54) is 4.90 Å². The maximum atomic E-state index is 15.0. The van der Waals surface area contributed by atoms with Crippen LogP contribution in [0.5, 0.6) is 11.5 Å². The third-order valence-electron chi connectivity index (χ3n) is 12.2. The quantitative estimate of drug-likeness (QED) is 0.0311. The van der Waals surface area contributed by atoms with Crippen LogP contribution in [-0.2, 0) is 35.0 Å². The average molecular weight is 960 g/mol. The summed E-state index contributed by atoms with van der Waals surface area (Å²) in [5.41, 5.74) is 0.783. The highest BCUT2D eigenvalue weighted by atomic mass is 32.2. The van der Waals surface area contributed by atoms with Crippen molar-refractivity contribution in [2.75, 3.05) is 25.4 Å². The van der Waals surface area contributed by atoms with E-state index in [1.54, 1.807) is 60.7 Å². The Morgan fingerprint density at radius 2 is 1.34 bits per heavy atom. The zero-order chi connectivity index (χ0) is 47.6. The molecule has 3 heterocycles. The van der Waals surface area contributed by atoms with Gasteiger partial charge < -0.3 is 45.8 Å². The molecule has 3 aromatic rings. The fraction of sp³-hybridized carbons (Fsp3) is 0.510. The predicted octanol–water partition coefficient (Wildman–Crippen LogP) is 6.06. The molecule has 3 aliphatic rings. The van der Waals surface area contributed by atoms with Crippen LogP contribution in [0.2, 0.25) is 0 Å². The summed E-state index contributed by atoms with van der Waals surface area (Å²) in [6.45, 7) is 4.91. The Morgan fingerprint density at radius 1 is 0.746 bits per heavy atom. The number of urea groups is 1. The molecule has 6 atom stereocenters. The number of rotatable bonds is 26. The number of para-hydroxylation sites is 2. The first-order chi connectivity index (χ1) is 32.4. The van der Waals surface area contributed by atoms with Gasteiger partial charge in [0.1, 0.15) is 23.6 Å². The van der Waals surface area contributed by atoms with Gasteiger partial charge in [0.25, 0.3) is 0 Å². The first-order valence-electron chi connectivity index (χ1n) is 23.6. The van der Waals surface area contributed by atoms with Gasteiger partial charge in [-0.25, -0.2) is 9.36 Å². The summed E-state index contributed by atoms with van der Waals surface area (Å²) in [6, 6.07) is 25.0. The number of thioether (sulfide) groups is 1. The number of nitrogens with zero attached hydrogens (tertiary/aromatic N) is 1. The van der Waals surface area contributed by atoms with E-state index >= 15 is 4.57 Å². The van der Waals surface area contributed by atoms with Gasteiger partial charge in [-0.1, -0.05) is 87.0 Å². The molecule has 0 radical (unpaired) electrons. The number of hydrogen-bond acceptors (Lipinski definition) is 10. The normalized spacial score (nSPS) is 19.6. The molecule has 3 aromatic carbocycles. The van der Waals surface area contributed by atoms with Crippen molar-refractivity contribution < 1.29 is 42.4 Å². The van der Waals surface area contributed by atoms with E-state index in [-0.39, 0.29) is 61.7 Å². The zero-order valence-corrected chi connectivity index (χ0v) is 40.2. The predicted molar refractivity (Wildman–Crippen MR) is 258 cm³/mol. The maximum absolute atomic E-state index is 15.0. The molecule has 67 heavy (non-hydrogen) atoms. The zero-order valence-electron chi connectivity index (χ0n) is 38.5. The number of likely N-dealkylation sites (tertiary alicyclic amines) is 1. The fourth-order valence-corrected chi connectivity index (χ4v) is 11.9. The molecule has 16 nitrogen and oxygen atoms in total. The second-order valence-electron chi connectivity index (χ2n) is 17.7. The molecule has 3 saturated heterocycles. The van der Waals surface area contributed by atoms with Crippen molar-refractivity contribution >= 4 is 54.9 Å². The Bertz CT molecular complexity index is 2110. The standard InChI is InChI=1S/C49H66N7O9PS/c1-34(2)45(53-43(59)28-27-42(58)51-30-16-6-15-29-50-41(57)26-14-13-25-40-46-38(33-67-40)52-49(62)55-46)48(61)56-31-17-24-39(56)47(60)54-44(32-35-18-7-3-8-19-35)66(63,64-36-20-9-4-10-21-36)65-37-22-11-5-12-23-37/h3-5,7-12,18-23,34,38-40,44-46H,6,13-17,24-33H2,1-2H3,(H,50,57)(H,51,58)(H,53,59)(H,54,60)(H2,52,55,62). The minimum atomic E-state index is -4.22. The van der Waals surface area contributed by atoms with E-state index in [9.17, 15) is 28.8 Å². The van der Waals surface area contributed by atoms with E-state index in [1.807, 2.05) is 55.9 Å². The summed E-state index contributed by atoms with van der Waals surface area (Å²) in [6.07, 6.45) is 6.33. The molecule has 0 spiro atoms. The summed E-state index contributed by atoms with van der Waals surface area (Å²) in [7, 11) is -4.22. The summed E-state index contributed by atoms with van der Waals surface area (Å²) in [5, 5.41) is 18.0. The van der Waals surface area contributed by atoms with Crippen LogP contribution >= 0.6 is 19.4 Å². The van der Waals surface area contributed by atoms with Gasteiger partial charge in [0, 0.05) is 56.3 Å². The Kier molecular flexibility index (Phi) is 19.4. The van der Waals surface area contributed by atoms with Crippen molar-refractivity contribution in [1.29, 1.82) is 0 Å². The van der Waals surface area contributed by atoms with Crippen LogP contribution in [0, 0.1) is 5.92 Å². The van der Waals surface area contributed by atoms with Gasteiger partial charge in [0.15, 0.2) is 5.78 Å². The Labute approximate surface area is 398 Å². The molecule has 3 fully saturated rings. The Balaban J connectivity index is 0.926. The van der Waals surface area contributed by atoms with E-state index in [0.717, 1.165) is 49.8 Å². The molecule has 0 aromatic heterocycles. The first-order valence-corrected chi connectivity index (χ1v) is 26.3. The van der Waals surface area contributed by atoms with Crippen LogP contribution in [0.3, 0.4) is 0 Å². The van der Waals surface area contributed by atoms with Crippen molar-refractivity contribution in [2.24, 2.45) is 5.92 Å². The van der Waals surface area contributed by atoms with Gasteiger partial charge in [-0.2, -0.15) is 11.8 Å². The number of carbonyl (C=O) groups is 6. The third-order valence-corrected chi connectivity index (χ3v) is 15.7. The third kappa shape index (κ3) is 15.5. The lowest BCUT2D eigenvalue weighted by atomic mass is 10.0. The minimum Gasteiger partial charge on any atom is -0.415 e. The fourth-order valence-electron chi connectivity index (χ4n) is 8.54. The molecule has 6 N–H and O–H groups in total. The second kappa shape index (κ2) is 25.6. The summed E-state index contributed by atoms with van der Waals surface area (Å²) in [4.78, 5) is 79.6. The van der Waals surface area contributed by atoms with Gasteiger partial charge >= 0.3 is 13.6 Å². The van der Waals surface area contributed by atoms with Gasteiger partial charge in [0.05, 0.1) is 12.1 Å². The first kappa shape index (κ1) is 50.9. The largest absolute Gasteiger partial charge is 0.453 e. The van der Waals surface area contributed by atoms with Crippen LogP contribution in [0.25, 0.3) is 0 Å². The van der Waals surface area contributed by atoms with Crippen molar-refractivity contribution in [3.05, 3.63) is 96.6 Å². The summed E-state index contributed by atoms with van der Waals surface area (Å²) in [5.74, 6) is -1.59. The molecule has 7 amide bonds. The maximum Gasteiger partial charge on any atom is 0.453 e. The van der Waals surface area contributed by atoms with Gasteiger partial charge in [-0.05, 0) is 80.7 Å². The number of hydrogen-bond donors (Lipinski definition) is 6. The number of amides is 7. The average Bonchev–Trinajstić information content (AvgIpc) is 4.06. The lowest BCUT2D eigenvalue weighted by Crippen LogP contribution is -2.56. The highest BCUT2D eigenvalue weighted by molar-refractivity contribution is 8.00. The topological polar surface area (TPSA) is 213 Å². The molecule has 18 heteroatoms. The summed E-state index contributed by atoms with van der Waals surface area (Å²) < 4.78 is 27.3. The molecule has 6 rings (SSSR count). The van der Waals surface area contributed by atoms with E-state index in [4.69, 9.17) is 9.05 Å². The van der Waals surface area contributed by atoms with Crippen molar-refractivity contribution in [2.45, 2.75) is 126 Å². The van der Waals surface area contributed by atoms with Gasteiger partial charge in [0.2, 0.25) is 29.5 Å². The van der Waals surface area contributed by atoms with Crippen molar-refractivity contribution in [3.8, 4) is 11.5 Å². The molecule has 6 unspecified atom stereocenters. The second-order valence-corrected chi connectivity index (χ2v) is 21.0. The van der Waals surface area contributed by atoms with Crippen LogP contribution in [0.15, 0.2) is 91.0 Å². The SMILES string of the molecule is CC(C)C(NC(=O)CCC(=O)NCCCCCNC(=O)CCCCC1SCC2NC(=O)NC21)C(=O)N1CCCC1C(=O)NC(Cc1ccccc1)P(=O)(Oc1ccccc1)Oc1ccccc1. The highest BCUT2D eigenvalue weighted by Crippen LogP contribution is 2.53. The molecular weight excluding hydrogens is 894 g/mol. The Morgan fingerprint density at radius 3 is 1.97 bits per heavy atom. The lowest BCUT2D eigenvalue weighted by Gasteiger charge is -2.33. The smallest absolute Gasteiger partial charge is 0.415 e. The molecule has 0 saturated carbocycles. The van der Waals surface area contributed by atoms with Gasteiger partial charge in [-0.15, -0.1) is 0 Å². The molecular formula is C49H66N7O9PS. The Hall–Kier alpha value is -5.54. The molecule has 0 bridgehead atoms.